The first-order chi connectivity index (χ1) is 29.0. The van der Waals surface area contributed by atoms with Crippen LogP contribution in [0.1, 0.15) is 219 Å². The number of likely N-dealkylation sites (N-methyl/N-ethyl adjacent to an activating group) is 1. The molecule has 0 aromatic carbocycles. The van der Waals surface area contributed by atoms with Gasteiger partial charge in [-0.3, -0.25) is 13.8 Å². The van der Waals surface area contributed by atoms with Gasteiger partial charge in [0.2, 0.25) is 5.91 Å². The fourth-order valence-corrected chi connectivity index (χ4v) is 7.74. The second kappa shape index (κ2) is 42.7. The van der Waals surface area contributed by atoms with Gasteiger partial charge in [-0.25, -0.2) is 4.57 Å². The molecule has 1 amide bonds. The number of nitrogens with one attached hydrogen (secondary N) is 1. The Hall–Kier alpha value is -1.54. The Bertz CT molecular complexity index is 1120. The summed E-state index contributed by atoms with van der Waals surface area (Å²) in [5.41, 5.74) is 0. The molecule has 60 heavy (non-hydrogen) atoms. The molecule has 0 aliphatic heterocycles. The molecule has 0 rings (SSSR count). The van der Waals surface area contributed by atoms with E-state index in [2.05, 4.69) is 55.6 Å². The molecule has 0 aliphatic rings. The summed E-state index contributed by atoms with van der Waals surface area (Å²) in [7, 11) is 1.54. The van der Waals surface area contributed by atoms with E-state index in [4.69, 9.17) is 9.05 Å². The van der Waals surface area contributed by atoms with E-state index in [1.54, 1.807) is 6.08 Å². The highest BCUT2D eigenvalue weighted by molar-refractivity contribution is 7.47. The Morgan fingerprint density at radius 1 is 0.550 bits per heavy atom. The minimum absolute atomic E-state index is 0.0520. The predicted octanol–water partition coefficient (Wildman–Crippen LogP) is 14.4. The lowest BCUT2D eigenvalue weighted by Crippen LogP contribution is -2.45. The summed E-state index contributed by atoms with van der Waals surface area (Å²) in [6.07, 6.45) is 54.8. The molecule has 0 spiro atoms. The molecule has 0 aromatic heterocycles. The number of nitrogens with zero attached hydrogens (tertiary/aromatic N) is 1. The Morgan fingerprint density at radius 2 is 0.917 bits per heavy atom. The van der Waals surface area contributed by atoms with Crippen molar-refractivity contribution in [3.8, 4) is 0 Å². The lowest BCUT2D eigenvalue weighted by Gasteiger charge is -2.25. The summed E-state index contributed by atoms with van der Waals surface area (Å²) in [4.78, 5) is 23.2. The highest BCUT2D eigenvalue weighted by Gasteiger charge is 2.27. The van der Waals surface area contributed by atoms with Crippen molar-refractivity contribution in [2.75, 3.05) is 40.9 Å². The maximum absolute atomic E-state index is 12.9. The van der Waals surface area contributed by atoms with Gasteiger partial charge in [0, 0.05) is 6.42 Å². The lowest BCUT2D eigenvalue weighted by molar-refractivity contribution is -0.870. The van der Waals surface area contributed by atoms with Gasteiger partial charge in [0.25, 0.3) is 0 Å². The summed E-state index contributed by atoms with van der Waals surface area (Å²) in [6.45, 7) is 4.79. The molecule has 3 atom stereocenters. The zero-order valence-corrected chi connectivity index (χ0v) is 40.8. The molecular formula is C51H98N2O6P+. The molecule has 8 nitrogen and oxygen atoms in total. The third-order valence-corrected chi connectivity index (χ3v) is 12.0. The molecule has 3 N–H and O–H groups in total. The van der Waals surface area contributed by atoms with E-state index >= 15 is 0 Å². The monoisotopic (exact) mass is 866 g/mol. The van der Waals surface area contributed by atoms with Gasteiger partial charge in [-0.1, -0.05) is 191 Å². The van der Waals surface area contributed by atoms with Gasteiger partial charge in [0.15, 0.2) is 0 Å². The highest BCUT2D eigenvalue weighted by Crippen LogP contribution is 2.43. The Balaban J connectivity index is 4.42. The molecule has 0 heterocycles. The predicted molar refractivity (Wildman–Crippen MR) is 258 cm³/mol. The molecule has 0 aliphatic carbocycles. The Morgan fingerprint density at radius 3 is 1.33 bits per heavy atom. The van der Waals surface area contributed by atoms with E-state index in [0.29, 0.717) is 17.4 Å². The maximum atomic E-state index is 12.9. The highest BCUT2D eigenvalue weighted by atomic mass is 31.2. The Labute approximate surface area is 371 Å². The smallest absolute Gasteiger partial charge is 0.387 e. The lowest BCUT2D eigenvalue weighted by atomic mass is 10.1. The van der Waals surface area contributed by atoms with Crippen LogP contribution in [-0.2, 0) is 18.4 Å². The van der Waals surface area contributed by atoms with Crippen LogP contribution >= 0.6 is 7.82 Å². The number of aliphatic hydroxyl groups excluding tert-OH is 1. The first-order valence-corrected chi connectivity index (χ1v) is 26.5. The van der Waals surface area contributed by atoms with Crippen molar-refractivity contribution in [2.24, 2.45) is 0 Å². The van der Waals surface area contributed by atoms with E-state index in [1.807, 2.05) is 27.2 Å². The van der Waals surface area contributed by atoms with Crippen LogP contribution in [0.25, 0.3) is 0 Å². The number of unbranched alkanes of at least 4 members (excludes halogenated alkanes) is 26. The van der Waals surface area contributed by atoms with Gasteiger partial charge in [0.1, 0.15) is 13.2 Å². The average molecular weight is 866 g/mol. The SMILES string of the molecule is CCCCCCCCCC/C=C\CCCCCCCCCC(=O)NC(COP(=O)(O)OCC[N+](C)(C)C)C(O)/C=C/CC/C=C/CC/C=C/CCCCCCCCCCC. The topological polar surface area (TPSA) is 105 Å². The van der Waals surface area contributed by atoms with Crippen LogP contribution in [-0.4, -0.2) is 73.4 Å². The normalized spacial score (nSPS) is 14.6. The van der Waals surface area contributed by atoms with Gasteiger partial charge >= 0.3 is 7.82 Å². The van der Waals surface area contributed by atoms with Crippen molar-refractivity contribution in [1.29, 1.82) is 0 Å². The number of hydrogen-bond donors (Lipinski definition) is 3. The first-order valence-electron chi connectivity index (χ1n) is 25.0. The van der Waals surface area contributed by atoms with E-state index in [9.17, 15) is 19.4 Å². The van der Waals surface area contributed by atoms with Crippen molar-refractivity contribution in [2.45, 2.75) is 231 Å². The second-order valence-electron chi connectivity index (χ2n) is 18.2. The number of hydrogen-bond acceptors (Lipinski definition) is 5. The number of carbonyl (C=O) groups is 1. The summed E-state index contributed by atoms with van der Waals surface area (Å²) in [5, 5.41) is 13.8. The largest absolute Gasteiger partial charge is 0.472 e. The van der Waals surface area contributed by atoms with E-state index < -0.39 is 20.0 Å². The molecule has 0 aromatic rings. The molecule has 352 valence electrons. The molecule has 0 bridgehead atoms. The third-order valence-electron chi connectivity index (χ3n) is 11.0. The van der Waals surface area contributed by atoms with Crippen molar-refractivity contribution < 1.29 is 32.9 Å². The van der Waals surface area contributed by atoms with Crippen LogP contribution in [0.5, 0.6) is 0 Å². The third kappa shape index (κ3) is 44.5. The fraction of sp³-hybridized carbons (Fsp3) is 0.824. The van der Waals surface area contributed by atoms with E-state index in [1.165, 1.54) is 154 Å². The van der Waals surface area contributed by atoms with Crippen LogP contribution < -0.4 is 5.32 Å². The summed E-state index contributed by atoms with van der Waals surface area (Å²) < 4.78 is 23.6. The number of amides is 1. The fourth-order valence-electron chi connectivity index (χ4n) is 7.01. The van der Waals surface area contributed by atoms with Gasteiger partial charge in [0.05, 0.1) is 39.9 Å². The standard InChI is InChI=1S/C51H97N2O6P/c1-6-8-10-12-14-16-18-20-22-24-26-28-30-32-34-36-38-40-42-44-50(54)49(48-59-60(56,57)58-47-46-53(3,4)5)52-51(55)45-43-41-39-37-35-33-31-29-27-25-23-21-19-17-15-13-11-9-7-2/h25-28,34,36,42,44,49-50,54H,6-24,29-33,35,37-41,43,45-48H2,1-5H3,(H-,52,55,56,57)/p+1/b27-25-,28-26+,36-34+,44-42+. The number of quaternary nitrogens is 1. The van der Waals surface area contributed by atoms with Crippen molar-refractivity contribution in [3.05, 3.63) is 48.6 Å². The Kier molecular flexibility index (Phi) is 41.6. The molecule has 9 heteroatoms. The van der Waals surface area contributed by atoms with Gasteiger partial charge < -0.3 is 19.8 Å². The molecule has 0 radical (unpaired) electrons. The number of carbonyl (C=O) groups excluding carboxylic acids is 1. The summed E-state index contributed by atoms with van der Waals surface area (Å²) in [6, 6.07) is -0.872. The number of phosphoric ester groups is 1. The first kappa shape index (κ1) is 58.5. The van der Waals surface area contributed by atoms with Crippen LogP contribution in [0, 0.1) is 0 Å². The minimum Gasteiger partial charge on any atom is -0.387 e. The number of allylic oxidation sites excluding steroid dienone is 7. The van der Waals surface area contributed by atoms with Crippen molar-refractivity contribution in [1.82, 2.24) is 5.32 Å². The van der Waals surface area contributed by atoms with Crippen LogP contribution in [0.2, 0.25) is 0 Å². The molecule has 0 fully saturated rings. The second-order valence-corrected chi connectivity index (χ2v) is 19.6. The van der Waals surface area contributed by atoms with Crippen molar-refractivity contribution in [3.63, 3.8) is 0 Å². The minimum atomic E-state index is -4.35. The molecule has 0 saturated carbocycles. The molecular weight excluding hydrogens is 768 g/mol. The van der Waals surface area contributed by atoms with E-state index in [-0.39, 0.29) is 19.1 Å². The van der Waals surface area contributed by atoms with Crippen LogP contribution in [0.15, 0.2) is 48.6 Å². The maximum Gasteiger partial charge on any atom is 0.472 e. The van der Waals surface area contributed by atoms with Gasteiger partial charge in [-0.2, -0.15) is 0 Å². The number of rotatable bonds is 45. The molecule has 3 unspecified atom stereocenters. The van der Waals surface area contributed by atoms with E-state index in [0.717, 1.165) is 44.9 Å². The number of aliphatic hydroxyl groups is 1. The van der Waals surface area contributed by atoms with Crippen molar-refractivity contribution >= 4 is 13.7 Å². The summed E-state index contributed by atoms with van der Waals surface area (Å²) >= 11 is 0. The molecule has 0 saturated heterocycles. The van der Waals surface area contributed by atoms with Crippen LogP contribution in [0.4, 0.5) is 0 Å². The quantitative estimate of drug-likeness (QED) is 0.0244. The zero-order chi connectivity index (χ0) is 44.3. The van der Waals surface area contributed by atoms with Crippen LogP contribution in [0.3, 0.4) is 0 Å². The zero-order valence-electron chi connectivity index (χ0n) is 39.9. The van der Waals surface area contributed by atoms with Gasteiger partial charge in [-0.05, 0) is 70.6 Å². The number of phosphoric acid groups is 1. The average Bonchev–Trinajstić information content (AvgIpc) is 3.20. The van der Waals surface area contributed by atoms with Gasteiger partial charge in [-0.15, -0.1) is 0 Å². The summed E-state index contributed by atoms with van der Waals surface area (Å²) in [5.74, 6) is -0.196.